The molecule has 1 N–H and O–H groups in total. The van der Waals surface area contributed by atoms with Crippen LogP contribution in [-0.4, -0.2) is 102 Å². The molecule has 0 saturated carbocycles. The van der Waals surface area contributed by atoms with E-state index in [1.807, 2.05) is 0 Å². The first kappa shape index (κ1) is 33.0. The number of benzene rings is 3. The van der Waals surface area contributed by atoms with Crippen molar-refractivity contribution in [2.45, 2.75) is 69.1 Å². The van der Waals surface area contributed by atoms with Gasteiger partial charge in [-0.3, -0.25) is 9.80 Å². The summed E-state index contributed by atoms with van der Waals surface area (Å²) in [7, 11) is 1.50. The predicted molar refractivity (Wildman–Crippen MR) is 184 cm³/mol. The number of hydrogen-bond donors (Lipinski definition) is 1. The largest absolute Gasteiger partial charge is 0.468 e. The first-order chi connectivity index (χ1) is 24.2. The molecule has 8 rings (SSSR count). The van der Waals surface area contributed by atoms with Crippen LogP contribution in [0, 0.1) is 24.0 Å². The number of fused-ring (bicyclic) bond motifs is 5. The molecule has 0 spiro atoms. The minimum atomic E-state index is -0.927. The lowest BCUT2D eigenvalue weighted by Crippen LogP contribution is -2.56. The number of methoxy groups -OCH3 is 1. The van der Waals surface area contributed by atoms with Crippen molar-refractivity contribution in [2.24, 2.45) is 0 Å². The molecule has 5 heterocycles. The summed E-state index contributed by atoms with van der Waals surface area (Å²) in [4.78, 5) is 16.0. The van der Waals surface area contributed by atoms with E-state index in [0.717, 1.165) is 32.2 Å². The summed E-state index contributed by atoms with van der Waals surface area (Å²) in [5, 5.41) is 11.9. The first-order valence-corrected chi connectivity index (χ1v) is 17.3. The first-order valence-electron chi connectivity index (χ1n) is 17.3. The second-order valence-corrected chi connectivity index (χ2v) is 14.1. The van der Waals surface area contributed by atoms with Gasteiger partial charge in [-0.05, 0) is 74.4 Å². The highest BCUT2D eigenvalue weighted by atomic mass is 19.1. The molecule has 4 aromatic rings. The van der Waals surface area contributed by atoms with E-state index in [0.29, 0.717) is 59.3 Å². The Labute approximate surface area is 288 Å². The second-order valence-electron chi connectivity index (χ2n) is 14.1. The maximum Gasteiger partial charge on any atom is 0.319 e. The minimum absolute atomic E-state index is 0.00906. The number of nitrogens with zero attached hydrogens (tertiary/aromatic N) is 5. The fraction of sp³-hybridized carbons (Fsp3) is 0.474. The molecular weight excluding hydrogens is 647 g/mol. The Bertz CT molecular complexity index is 1990. The average Bonchev–Trinajstić information content (AvgIpc) is 3.73. The van der Waals surface area contributed by atoms with Gasteiger partial charge in [0.2, 0.25) is 0 Å². The number of ether oxygens (including phenoxy) is 3. The molecule has 4 aliphatic heterocycles. The Hall–Kier alpha value is -4.15. The number of rotatable bonds is 9. The molecule has 0 radical (unpaired) electrons. The number of terminal acetylenes is 1. The summed E-state index contributed by atoms with van der Waals surface area (Å²) in [5.41, 5.74) is 0.0961. The van der Waals surface area contributed by atoms with Gasteiger partial charge in [-0.25, -0.2) is 13.2 Å². The van der Waals surface area contributed by atoms with Gasteiger partial charge < -0.3 is 24.2 Å². The monoisotopic (exact) mass is 687 g/mol. The lowest BCUT2D eigenvalue weighted by molar-refractivity contribution is -0.0226. The quantitative estimate of drug-likeness (QED) is 0.178. The molecule has 5 atom stereocenters. The van der Waals surface area contributed by atoms with Crippen LogP contribution < -0.4 is 14.4 Å². The van der Waals surface area contributed by atoms with Crippen molar-refractivity contribution in [2.75, 3.05) is 51.6 Å². The van der Waals surface area contributed by atoms with Crippen LogP contribution in [0.3, 0.4) is 0 Å². The van der Waals surface area contributed by atoms with Gasteiger partial charge in [-0.15, -0.1) is 6.42 Å². The Morgan fingerprint density at radius 2 is 1.86 bits per heavy atom. The summed E-state index contributed by atoms with van der Waals surface area (Å²) < 4.78 is 64.0. The zero-order valence-corrected chi connectivity index (χ0v) is 28.2. The maximum absolute atomic E-state index is 17.2. The molecule has 3 aromatic carbocycles. The van der Waals surface area contributed by atoms with Crippen molar-refractivity contribution < 1.29 is 32.5 Å². The molecule has 50 heavy (non-hydrogen) atoms. The van der Waals surface area contributed by atoms with Gasteiger partial charge in [0.15, 0.2) is 12.6 Å². The third-order valence-electron chi connectivity index (χ3n) is 11.1. The number of aliphatic hydroxyl groups excluding tert-OH is 1. The van der Waals surface area contributed by atoms with Crippen LogP contribution in [0.5, 0.6) is 11.8 Å². The topological polar surface area (TPSA) is 83.4 Å². The number of hydrogen-bond acceptors (Lipinski definition) is 9. The summed E-state index contributed by atoms with van der Waals surface area (Å²) in [6.45, 7) is 4.30. The molecule has 3 unspecified atom stereocenters. The van der Waals surface area contributed by atoms with E-state index in [4.69, 9.17) is 25.6 Å². The third kappa shape index (κ3) is 5.51. The molecule has 12 heteroatoms. The third-order valence-corrected chi connectivity index (χ3v) is 11.1. The van der Waals surface area contributed by atoms with Gasteiger partial charge in [-0.1, -0.05) is 18.1 Å². The number of aliphatic hydroxyl groups is 1. The van der Waals surface area contributed by atoms with Gasteiger partial charge in [-0.2, -0.15) is 9.97 Å². The summed E-state index contributed by atoms with van der Waals surface area (Å²) in [5.74, 6) is 2.13. The Kier molecular flexibility index (Phi) is 8.50. The van der Waals surface area contributed by atoms with Crippen molar-refractivity contribution in [3.8, 4) is 35.2 Å². The maximum atomic E-state index is 17.2. The van der Waals surface area contributed by atoms with Gasteiger partial charge in [0.25, 0.3) is 0 Å². The highest BCUT2D eigenvalue weighted by Gasteiger charge is 2.49. The molecule has 4 fully saturated rings. The predicted octanol–water partition coefficient (Wildman–Crippen LogP) is 5.64. The standard InChI is InChI=1S/C38H40F3N5O4/c1-4-28-32(40)11-6-23-14-27(50-21-48-3)15-31(33(23)28)29-9-10-30-35(34(29)41)42-37(49-20-38-12-5-13-45(38)17-24(39)16-38)43-36(30)44-18-25-7-8-26(19-44)46(25)22(2)47/h1,6,9-11,14-15,22,24-26,47H,5,7-8,12-13,16-21H2,2-3H3/t22?,24-,25?,26?,38+/m1/s1. The van der Waals surface area contributed by atoms with Gasteiger partial charge in [0.1, 0.15) is 41.9 Å². The van der Waals surface area contributed by atoms with E-state index in [2.05, 4.69) is 25.6 Å². The van der Waals surface area contributed by atoms with Crippen LogP contribution in [-0.2, 0) is 4.74 Å². The lowest BCUT2D eigenvalue weighted by Gasteiger charge is -2.43. The normalized spacial score (nSPS) is 25.7. The molecule has 4 saturated heterocycles. The second kappa shape index (κ2) is 12.9. The Morgan fingerprint density at radius 3 is 2.60 bits per heavy atom. The fourth-order valence-electron chi connectivity index (χ4n) is 8.98. The zero-order valence-electron chi connectivity index (χ0n) is 28.2. The zero-order chi connectivity index (χ0) is 34.7. The van der Waals surface area contributed by atoms with Crippen molar-refractivity contribution in [1.82, 2.24) is 19.8 Å². The van der Waals surface area contributed by atoms with Crippen molar-refractivity contribution >= 4 is 27.5 Å². The SMILES string of the molecule is C#Cc1c(F)ccc2cc(OCOC)cc(-c3ccc4c(N5CC6CCC(C5)N6C(C)O)nc(OC[C@@]56CCCN5C[C@H](F)C6)nc4c3F)c12. The van der Waals surface area contributed by atoms with E-state index in [1.165, 1.54) is 13.2 Å². The fourth-order valence-corrected chi connectivity index (χ4v) is 8.98. The van der Waals surface area contributed by atoms with Crippen LogP contribution in [0.15, 0.2) is 36.4 Å². The van der Waals surface area contributed by atoms with Crippen LogP contribution >= 0.6 is 0 Å². The molecule has 0 amide bonds. The van der Waals surface area contributed by atoms with Crippen LogP contribution in [0.1, 0.15) is 44.6 Å². The minimum Gasteiger partial charge on any atom is -0.468 e. The number of alkyl halides is 1. The number of piperazine rings is 1. The molecule has 9 nitrogen and oxygen atoms in total. The Balaban J connectivity index is 1.27. The summed E-state index contributed by atoms with van der Waals surface area (Å²) in [6, 6.07) is 9.84. The van der Waals surface area contributed by atoms with E-state index < -0.39 is 29.6 Å². The summed E-state index contributed by atoms with van der Waals surface area (Å²) >= 11 is 0. The van der Waals surface area contributed by atoms with Gasteiger partial charge >= 0.3 is 6.01 Å². The number of aromatic nitrogens is 2. The smallest absolute Gasteiger partial charge is 0.319 e. The summed E-state index contributed by atoms with van der Waals surface area (Å²) in [6.07, 6.45) is 8.29. The highest BCUT2D eigenvalue weighted by molar-refractivity contribution is 6.04. The highest BCUT2D eigenvalue weighted by Crippen LogP contribution is 2.43. The van der Waals surface area contributed by atoms with Crippen LogP contribution in [0.25, 0.3) is 32.8 Å². The molecule has 262 valence electrons. The van der Waals surface area contributed by atoms with Gasteiger partial charge in [0, 0.05) is 61.6 Å². The van der Waals surface area contributed by atoms with Crippen LogP contribution in [0.4, 0.5) is 19.0 Å². The number of halogens is 3. The van der Waals surface area contributed by atoms with E-state index in [-0.39, 0.29) is 48.1 Å². The Morgan fingerprint density at radius 1 is 1.06 bits per heavy atom. The molecular formula is C38H40F3N5O4. The van der Waals surface area contributed by atoms with E-state index in [1.54, 1.807) is 37.3 Å². The van der Waals surface area contributed by atoms with Crippen molar-refractivity contribution in [1.29, 1.82) is 0 Å². The molecule has 4 aliphatic rings. The van der Waals surface area contributed by atoms with Crippen LogP contribution in [0.2, 0.25) is 0 Å². The van der Waals surface area contributed by atoms with Crippen molar-refractivity contribution in [3.63, 3.8) is 0 Å². The van der Waals surface area contributed by atoms with Crippen molar-refractivity contribution in [3.05, 3.63) is 53.6 Å². The van der Waals surface area contributed by atoms with E-state index >= 15 is 8.78 Å². The molecule has 2 bridgehead atoms. The molecule has 0 aliphatic carbocycles. The lowest BCUT2D eigenvalue weighted by atomic mass is 9.93. The molecule has 1 aromatic heterocycles. The average molecular weight is 688 g/mol. The van der Waals surface area contributed by atoms with E-state index in [9.17, 15) is 9.50 Å². The van der Waals surface area contributed by atoms with Gasteiger partial charge in [0.05, 0.1) is 11.1 Å². The number of anilines is 1.